The highest BCUT2D eigenvalue weighted by atomic mass is 16.5. The Morgan fingerprint density at radius 3 is 2.54 bits per heavy atom. The van der Waals surface area contributed by atoms with Gasteiger partial charge in [0.15, 0.2) is 0 Å². The third kappa shape index (κ3) is 6.29. The number of piperidine rings is 1. The van der Waals surface area contributed by atoms with Gasteiger partial charge in [0.25, 0.3) is 0 Å². The van der Waals surface area contributed by atoms with E-state index in [1.54, 1.807) is 4.90 Å². The van der Waals surface area contributed by atoms with Crippen molar-refractivity contribution >= 4 is 5.91 Å². The van der Waals surface area contributed by atoms with Crippen molar-refractivity contribution in [3.05, 3.63) is 35.4 Å². The molecular weight excluding hydrogens is 350 g/mol. The molecule has 2 fully saturated rings. The molecule has 0 saturated carbocycles. The molecule has 2 saturated heterocycles. The molecule has 0 radical (unpaired) electrons. The highest BCUT2D eigenvalue weighted by Gasteiger charge is 2.26. The maximum atomic E-state index is 12.3. The first-order valence-corrected chi connectivity index (χ1v) is 10.8. The molecule has 0 aromatic heterocycles. The summed E-state index contributed by atoms with van der Waals surface area (Å²) in [6.45, 7) is 8.84. The second-order valence-electron chi connectivity index (χ2n) is 8.76. The molecule has 28 heavy (non-hydrogen) atoms. The van der Waals surface area contributed by atoms with E-state index in [9.17, 15) is 4.79 Å². The number of hydrogen-bond acceptors (Lipinski definition) is 4. The van der Waals surface area contributed by atoms with Crippen LogP contribution in [0.1, 0.15) is 36.8 Å². The molecule has 0 spiro atoms. The van der Waals surface area contributed by atoms with Gasteiger partial charge in [-0.25, -0.2) is 0 Å². The summed E-state index contributed by atoms with van der Waals surface area (Å²) in [5.74, 6) is 0.861. The average Bonchev–Trinajstić information content (AvgIpc) is 3.18. The molecule has 0 N–H and O–H groups in total. The van der Waals surface area contributed by atoms with Crippen molar-refractivity contribution in [3.8, 4) is 0 Å². The van der Waals surface area contributed by atoms with Crippen molar-refractivity contribution in [1.82, 2.24) is 14.7 Å². The minimum absolute atomic E-state index is 0.190. The van der Waals surface area contributed by atoms with Gasteiger partial charge in [-0.1, -0.05) is 24.3 Å². The number of likely N-dealkylation sites (N-methyl/N-ethyl adjacent to an activating group) is 1. The monoisotopic (exact) mass is 387 g/mol. The quantitative estimate of drug-likeness (QED) is 0.687. The van der Waals surface area contributed by atoms with E-state index in [-0.39, 0.29) is 5.91 Å². The molecule has 2 heterocycles. The summed E-state index contributed by atoms with van der Waals surface area (Å²) in [5, 5.41) is 0. The van der Waals surface area contributed by atoms with Crippen LogP contribution in [0.2, 0.25) is 0 Å². The van der Waals surface area contributed by atoms with E-state index in [1.807, 2.05) is 14.1 Å². The molecule has 1 aromatic rings. The molecule has 1 amide bonds. The summed E-state index contributed by atoms with van der Waals surface area (Å²) >= 11 is 0. The molecule has 3 rings (SSSR count). The lowest BCUT2D eigenvalue weighted by Crippen LogP contribution is -2.44. The van der Waals surface area contributed by atoms with E-state index in [0.29, 0.717) is 18.6 Å². The zero-order valence-corrected chi connectivity index (χ0v) is 17.9. The number of likely N-dealkylation sites (tertiary alicyclic amines) is 1. The molecule has 5 heteroatoms. The van der Waals surface area contributed by atoms with Crippen molar-refractivity contribution in [2.45, 2.75) is 45.3 Å². The summed E-state index contributed by atoms with van der Waals surface area (Å²) in [6, 6.07) is 8.70. The number of aryl methyl sites for hydroxylation is 1. The Kier molecular flexibility index (Phi) is 7.89. The second-order valence-corrected chi connectivity index (χ2v) is 8.76. The highest BCUT2D eigenvalue weighted by Crippen LogP contribution is 2.22. The van der Waals surface area contributed by atoms with Crippen LogP contribution < -0.4 is 0 Å². The van der Waals surface area contributed by atoms with E-state index in [0.717, 1.165) is 52.2 Å². The third-order valence-corrected chi connectivity index (χ3v) is 6.22. The minimum atomic E-state index is 0.190. The maximum absolute atomic E-state index is 12.3. The number of benzene rings is 1. The van der Waals surface area contributed by atoms with Gasteiger partial charge in [-0.05, 0) is 62.7 Å². The molecule has 0 bridgehead atoms. The Morgan fingerprint density at radius 1 is 1.14 bits per heavy atom. The van der Waals surface area contributed by atoms with Gasteiger partial charge in [0, 0.05) is 40.3 Å². The molecule has 2 aliphatic rings. The largest absolute Gasteiger partial charge is 0.377 e. The van der Waals surface area contributed by atoms with Crippen molar-refractivity contribution in [2.75, 3.05) is 53.4 Å². The standard InChI is InChI=1S/C23H37N3O2/c1-19-7-4-5-8-21(19)16-25-12-10-20(11-13-25)15-26(18-23(27)24(2)3)17-22-9-6-14-28-22/h4-5,7-8,20,22H,6,9-18H2,1-3H3/t22-/m0/s1. The van der Waals surface area contributed by atoms with Gasteiger partial charge in [-0.15, -0.1) is 0 Å². The van der Waals surface area contributed by atoms with Crippen molar-refractivity contribution < 1.29 is 9.53 Å². The van der Waals surface area contributed by atoms with Gasteiger partial charge < -0.3 is 9.64 Å². The fourth-order valence-electron chi connectivity index (χ4n) is 4.33. The fourth-order valence-corrected chi connectivity index (χ4v) is 4.33. The average molecular weight is 388 g/mol. The van der Waals surface area contributed by atoms with Crippen LogP contribution >= 0.6 is 0 Å². The van der Waals surface area contributed by atoms with Gasteiger partial charge in [0.2, 0.25) is 5.91 Å². The Labute approximate surface area is 170 Å². The van der Waals surface area contributed by atoms with Crippen LogP contribution in [0.4, 0.5) is 0 Å². The minimum Gasteiger partial charge on any atom is -0.377 e. The molecule has 1 atom stereocenters. The summed E-state index contributed by atoms with van der Waals surface area (Å²) < 4.78 is 5.83. The van der Waals surface area contributed by atoms with E-state index < -0.39 is 0 Å². The molecular formula is C23H37N3O2. The van der Waals surface area contributed by atoms with Crippen LogP contribution in [-0.2, 0) is 16.1 Å². The Hall–Kier alpha value is -1.43. The molecule has 0 aliphatic carbocycles. The summed E-state index contributed by atoms with van der Waals surface area (Å²) in [6.07, 6.45) is 5.00. The second kappa shape index (κ2) is 10.4. The number of carbonyl (C=O) groups is 1. The topological polar surface area (TPSA) is 36.0 Å². The molecule has 5 nitrogen and oxygen atoms in total. The SMILES string of the molecule is Cc1ccccc1CN1CCC(CN(CC(=O)N(C)C)C[C@@H]2CCCO2)CC1. The van der Waals surface area contributed by atoms with Gasteiger partial charge in [0.1, 0.15) is 0 Å². The summed E-state index contributed by atoms with van der Waals surface area (Å²) in [5.41, 5.74) is 2.83. The molecule has 156 valence electrons. The number of carbonyl (C=O) groups excluding carboxylic acids is 1. The Balaban J connectivity index is 1.49. The lowest BCUT2D eigenvalue weighted by atomic mass is 9.95. The lowest BCUT2D eigenvalue weighted by Gasteiger charge is -2.35. The molecule has 1 aromatic carbocycles. The smallest absolute Gasteiger partial charge is 0.236 e. The third-order valence-electron chi connectivity index (χ3n) is 6.22. The first kappa shape index (κ1) is 21.3. The number of ether oxygens (including phenoxy) is 1. The van der Waals surface area contributed by atoms with Crippen LogP contribution in [0, 0.1) is 12.8 Å². The highest BCUT2D eigenvalue weighted by molar-refractivity contribution is 5.77. The molecule has 0 unspecified atom stereocenters. The fraction of sp³-hybridized carbons (Fsp3) is 0.696. The normalized spacial score (nSPS) is 21.4. The van der Waals surface area contributed by atoms with Crippen LogP contribution in [0.5, 0.6) is 0 Å². The number of amides is 1. The van der Waals surface area contributed by atoms with Crippen molar-refractivity contribution in [2.24, 2.45) is 5.92 Å². The summed E-state index contributed by atoms with van der Waals surface area (Å²) in [7, 11) is 3.69. The van der Waals surface area contributed by atoms with Crippen LogP contribution in [0.25, 0.3) is 0 Å². The zero-order valence-electron chi connectivity index (χ0n) is 17.9. The van der Waals surface area contributed by atoms with Gasteiger partial charge in [-0.2, -0.15) is 0 Å². The Bertz CT molecular complexity index is 620. The van der Waals surface area contributed by atoms with Gasteiger partial charge in [-0.3, -0.25) is 14.6 Å². The number of hydrogen-bond donors (Lipinski definition) is 0. The lowest BCUT2D eigenvalue weighted by molar-refractivity contribution is -0.130. The first-order valence-electron chi connectivity index (χ1n) is 10.8. The number of rotatable bonds is 8. The van der Waals surface area contributed by atoms with Crippen LogP contribution in [-0.4, -0.2) is 80.1 Å². The predicted molar refractivity (Wildman–Crippen MR) is 113 cm³/mol. The number of nitrogens with zero attached hydrogens (tertiary/aromatic N) is 3. The van der Waals surface area contributed by atoms with E-state index >= 15 is 0 Å². The van der Waals surface area contributed by atoms with Crippen LogP contribution in [0.3, 0.4) is 0 Å². The van der Waals surface area contributed by atoms with Crippen molar-refractivity contribution in [1.29, 1.82) is 0 Å². The summed E-state index contributed by atoms with van der Waals surface area (Å²) in [4.78, 5) is 18.9. The zero-order chi connectivity index (χ0) is 19.9. The Morgan fingerprint density at radius 2 is 1.89 bits per heavy atom. The van der Waals surface area contributed by atoms with E-state index in [1.165, 1.54) is 24.0 Å². The van der Waals surface area contributed by atoms with E-state index in [4.69, 9.17) is 4.74 Å². The van der Waals surface area contributed by atoms with Gasteiger partial charge >= 0.3 is 0 Å². The maximum Gasteiger partial charge on any atom is 0.236 e. The predicted octanol–water partition coefficient (Wildman–Crippen LogP) is 2.78. The van der Waals surface area contributed by atoms with Crippen molar-refractivity contribution in [3.63, 3.8) is 0 Å². The van der Waals surface area contributed by atoms with Gasteiger partial charge in [0.05, 0.1) is 12.6 Å². The van der Waals surface area contributed by atoms with E-state index in [2.05, 4.69) is 41.0 Å². The molecule has 2 aliphatic heterocycles. The first-order chi connectivity index (χ1) is 13.5. The van der Waals surface area contributed by atoms with Crippen LogP contribution in [0.15, 0.2) is 24.3 Å².